The molecule has 0 radical (unpaired) electrons. The summed E-state index contributed by atoms with van der Waals surface area (Å²) < 4.78 is 0. The van der Waals surface area contributed by atoms with E-state index in [9.17, 15) is 0 Å². The molecule has 2 rings (SSSR count). The molecule has 2 saturated carbocycles. The summed E-state index contributed by atoms with van der Waals surface area (Å²) in [6.45, 7) is 5.05. The molecule has 0 bridgehead atoms. The van der Waals surface area contributed by atoms with E-state index in [1.807, 2.05) is 0 Å². The molecule has 0 amide bonds. The molecule has 0 unspecified atom stereocenters. The SMILES string of the molecule is CC1(CCCCC2(C)CCCC2)CCCC1. The average molecular weight is 222 g/mol. The van der Waals surface area contributed by atoms with Gasteiger partial charge >= 0.3 is 0 Å². The van der Waals surface area contributed by atoms with Gasteiger partial charge < -0.3 is 0 Å². The number of hydrogen-bond donors (Lipinski definition) is 0. The predicted octanol–water partition coefficient (Wildman–Crippen LogP) is 5.71. The van der Waals surface area contributed by atoms with Crippen molar-refractivity contribution in [3.8, 4) is 0 Å². The van der Waals surface area contributed by atoms with Crippen LogP contribution in [0.4, 0.5) is 0 Å². The van der Waals surface area contributed by atoms with E-state index in [0.29, 0.717) is 0 Å². The minimum Gasteiger partial charge on any atom is -0.0596 e. The summed E-state index contributed by atoms with van der Waals surface area (Å²) in [5.41, 5.74) is 1.47. The van der Waals surface area contributed by atoms with Crippen LogP contribution in [0.15, 0.2) is 0 Å². The molecule has 0 aliphatic heterocycles. The summed E-state index contributed by atoms with van der Waals surface area (Å²) in [5, 5.41) is 0. The second kappa shape index (κ2) is 5.10. The van der Waals surface area contributed by atoms with Gasteiger partial charge in [0.05, 0.1) is 0 Å². The van der Waals surface area contributed by atoms with Crippen LogP contribution in [-0.2, 0) is 0 Å². The molecule has 0 N–H and O–H groups in total. The highest BCUT2D eigenvalue weighted by molar-refractivity contribution is 4.82. The summed E-state index contributed by atoms with van der Waals surface area (Å²) in [7, 11) is 0. The molecule has 0 heterocycles. The third kappa shape index (κ3) is 3.25. The molecule has 94 valence electrons. The first-order valence-corrected chi connectivity index (χ1v) is 7.62. The fraction of sp³-hybridized carbons (Fsp3) is 1.00. The number of hydrogen-bond acceptors (Lipinski definition) is 0. The smallest absolute Gasteiger partial charge is 0.0326 e. The lowest BCUT2D eigenvalue weighted by molar-refractivity contribution is 0.261. The maximum Gasteiger partial charge on any atom is -0.0326 e. The van der Waals surface area contributed by atoms with Crippen LogP contribution in [0.3, 0.4) is 0 Å². The molecule has 2 aliphatic rings. The van der Waals surface area contributed by atoms with Gasteiger partial charge in [-0.2, -0.15) is 0 Å². The van der Waals surface area contributed by atoms with Gasteiger partial charge in [-0.3, -0.25) is 0 Å². The van der Waals surface area contributed by atoms with Crippen molar-refractivity contribution in [1.82, 2.24) is 0 Å². The summed E-state index contributed by atoms with van der Waals surface area (Å²) in [6.07, 6.45) is 18.0. The Morgan fingerprint density at radius 1 is 0.625 bits per heavy atom. The highest BCUT2D eigenvalue weighted by Gasteiger charge is 2.30. The highest BCUT2D eigenvalue weighted by atomic mass is 14.4. The third-order valence-corrected chi connectivity index (χ3v) is 5.43. The Bertz CT molecular complexity index is 180. The van der Waals surface area contributed by atoms with Crippen molar-refractivity contribution in [3.05, 3.63) is 0 Å². The van der Waals surface area contributed by atoms with Crippen LogP contribution in [0.1, 0.15) is 90.9 Å². The Morgan fingerprint density at radius 3 is 1.25 bits per heavy atom. The third-order valence-electron chi connectivity index (χ3n) is 5.43. The van der Waals surface area contributed by atoms with Crippen molar-refractivity contribution in [2.24, 2.45) is 10.8 Å². The van der Waals surface area contributed by atoms with E-state index < -0.39 is 0 Å². The van der Waals surface area contributed by atoms with E-state index in [1.54, 1.807) is 0 Å². The van der Waals surface area contributed by atoms with Crippen LogP contribution in [0, 0.1) is 10.8 Å². The van der Waals surface area contributed by atoms with Crippen LogP contribution in [0.25, 0.3) is 0 Å². The maximum atomic E-state index is 2.53. The van der Waals surface area contributed by atoms with Crippen molar-refractivity contribution < 1.29 is 0 Å². The molecule has 0 aromatic rings. The first kappa shape index (κ1) is 12.5. The van der Waals surface area contributed by atoms with Crippen molar-refractivity contribution >= 4 is 0 Å². The van der Waals surface area contributed by atoms with E-state index in [2.05, 4.69) is 13.8 Å². The summed E-state index contributed by atoms with van der Waals surface area (Å²) in [5.74, 6) is 0. The van der Waals surface area contributed by atoms with Crippen LogP contribution < -0.4 is 0 Å². The van der Waals surface area contributed by atoms with Crippen LogP contribution in [-0.4, -0.2) is 0 Å². The Kier molecular flexibility index (Phi) is 3.97. The van der Waals surface area contributed by atoms with Crippen LogP contribution in [0.5, 0.6) is 0 Å². The first-order valence-electron chi connectivity index (χ1n) is 7.62. The second-order valence-corrected chi connectivity index (χ2v) is 7.24. The molecule has 0 nitrogen and oxygen atoms in total. The molecule has 2 aliphatic carbocycles. The fourth-order valence-electron chi connectivity index (χ4n) is 4.06. The van der Waals surface area contributed by atoms with Gasteiger partial charge in [0.2, 0.25) is 0 Å². The molecule has 0 aromatic heterocycles. The maximum absolute atomic E-state index is 2.53. The highest BCUT2D eigenvalue weighted by Crippen LogP contribution is 2.44. The molecule has 2 fully saturated rings. The molecular formula is C16H30. The van der Waals surface area contributed by atoms with Gasteiger partial charge in [-0.05, 0) is 49.4 Å². The molecule has 0 aromatic carbocycles. The molecule has 0 saturated heterocycles. The zero-order valence-corrected chi connectivity index (χ0v) is 11.5. The lowest BCUT2D eigenvalue weighted by atomic mass is 9.80. The quantitative estimate of drug-likeness (QED) is 0.523. The van der Waals surface area contributed by atoms with E-state index in [-0.39, 0.29) is 0 Å². The van der Waals surface area contributed by atoms with Crippen LogP contribution >= 0.6 is 0 Å². The number of unbranched alkanes of at least 4 members (excludes halogenated alkanes) is 1. The second-order valence-electron chi connectivity index (χ2n) is 7.24. The molecule has 0 atom stereocenters. The Balaban J connectivity index is 1.61. The first-order chi connectivity index (χ1) is 7.62. The normalized spacial score (nSPS) is 27.4. The molecule has 16 heavy (non-hydrogen) atoms. The van der Waals surface area contributed by atoms with Gasteiger partial charge in [0, 0.05) is 0 Å². The molecular weight excluding hydrogens is 192 g/mol. The topological polar surface area (TPSA) is 0 Å². The van der Waals surface area contributed by atoms with Crippen LogP contribution in [0.2, 0.25) is 0 Å². The molecule has 0 heteroatoms. The monoisotopic (exact) mass is 222 g/mol. The zero-order chi connectivity index (χ0) is 11.5. The number of rotatable bonds is 5. The standard InChI is InChI=1S/C16H30/c1-15(9-3-4-10-15)13-7-8-14-16(2)11-5-6-12-16/h3-14H2,1-2H3. The van der Waals surface area contributed by atoms with Gasteiger partial charge in [-0.25, -0.2) is 0 Å². The van der Waals surface area contributed by atoms with Crippen molar-refractivity contribution in [2.75, 3.05) is 0 Å². The molecule has 0 spiro atoms. The van der Waals surface area contributed by atoms with Crippen molar-refractivity contribution in [1.29, 1.82) is 0 Å². The van der Waals surface area contributed by atoms with E-state index in [1.165, 1.54) is 77.0 Å². The Morgan fingerprint density at radius 2 is 0.938 bits per heavy atom. The van der Waals surface area contributed by atoms with E-state index in [4.69, 9.17) is 0 Å². The van der Waals surface area contributed by atoms with Gasteiger partial charge in [0.15, 0.2) is 0 Å². The fourth-order valence-corrected chi connectivity index (χ4v) is 4.06. The van der Waals surface area contributed by atoms with Gasteiger partial charge in [0.1, 0.15) is 0 Å². The minimum absolute atomic E-state index is 0.733. The summed E-state index contributed by atoms with van der Waals surface area (Å²) >= 11 is 0. The summed E-state index contributed by atoms with van der Waals surface area (Å²) in [4.78, 5) is 0. The van der Waals surface area contributed by atoms with E-state index in [0.717, 1.165) is 10.8 Å². The summed E-state index contributed by atoms with van der Waals surface area (Å²) in [6, 6.07) is 0. The van der Waals surface area contributed by atoms with E-state index >= 15 is 0 Å². The van der Waals surface area contributed by atoms with Crippen molar-refractivity contribution in [2.45, 2.75) is 90.9 Å². The lowest BCUT2D eigenvalue weighted by Gasteiger charge is -2.26. The predicted molar refractivity (Wildman–Crippen MR) is 71.6 cm³/mol. The van der Waals surface area contributed by atoms with Gasteiger partial charge in [-0.15, -0.1) is 0 Å². The largest absolute Gasteiger partial charge is 0.0596 e. The average Bonchev–Trinajstić information content (AvgIpc) is 2.84. The minimum atomic E-state index is 0.733. The Hall–Kier alpha value is 0. The lowest BCUT2D eigenvalue weighted by Crippen LogP contribution is -2.13. The Labute approximate surface area is 102 Å². The van der Waals surface area contributed by atoms with Crippen molar-refractivity contribution in [3.63, 3.8) is 0 Å². The zero-order valence-electron chi connectivity index (χ0n) is 11.5. The van der Waals surface area contributed by atoms with Gasteiger partial charge in [0.25, 0.3) is 0 Å². The van der Waals surface area contributed by atoms with Gasteiger partial charge in [-0.1, -0.05) is 52.4 Å².